The molecule has 0 aliphatic carbocycles. The van der Waals surface area contributed by atoms with E-state index in [0.29, 0.717) is 17.0 Å². The van der Waals surface area contributed by atoms with Gasteiger partial charge in [-0.1, -0.05) is 11.6 Å². The van der Waals surface area contributed by atoms with Gasteiger partial charge in [-0.3, -0.25) is 0 Å². The fourth-order valence-corrected chi connectivity index (χ4v) is 4.20. The number of benzene rings is 1. The van der Waals surface area contributed by atoms with Crippen molar-refractivity contribution in [2.75, 3.05) is 11.5 Å². The van der Waals surface area contributed by atoms with Gasteiger partial charge >= 0.3 is 6.61 Å². The summed E-state index contributed by atoms with van der Waals surface area (Å²) in [5.41, 5.74) is 0.478. The smallest absolute Gasteiger partial charge is 0.387 e. The molecule has 0 amide bonds. The number of hydrogen-bond donors (Lipinski definition) is 1. The molecule has 4 nitrogen and oxygen atoms in total. The SMILES string of the molecule is O=S1(=O)CCCC(NCc2cc(Cl)ccc2OC(F)F)C1. The first-order valence-electron chi connectivity index (χ1n) is 6.53. The highest BCUT2D eigenvalue weighted by molar-refractivity contribution is 7.91. The first kappa shape index (κ1) is 16.5. The van der Waals surface area contributed by atoms with Crippen LogP contribution in [0.5, 0.6) is 5.75 Å². The van der Waals surface area contributed by atoms with Crippen LogP contribution in [-0.2, 0) is 16.4 Å². The highest BCUT2D eigenvalue weighted by atomic mass is 35.5. The molecule has 8 heteroatoms. The molecule has 1 saturated heterocycles. The molecule has 1 aromatic rings. The zero-order valence-corrected chi connectivity index (χ0v) is 12.8. The van der Waals surface area contributed by atoms with Gasteiger partial charge in [0.2, 0.25) is 0 Å². The Morgan fingerprint density at radius 3 is 2.86 bits per heavy atom. The van der Waals surface area contributed by atoms with Crippen LogP contribution < -0.4 is 10.1 Å². The average molecular weight is 340 g/mol. The maximum Gasteiger partial charge on any atom is 0.387 e. The quantitative estimate of drug-likeness (QED) is 0.896. The maximum absolute atomic E-state index is 12.3. The molecule has 0 radical (unpaired) electrons. The third kappa shape index (κ3) is 5.09. The van der Waals surface area contributed by atoms with Crippen LogP contribution in [0.2, 0.25) is 5.02 Å². The topological polar surface area (TPSA) is 55.4 Å². The maximum atomic E-state index is 12.3. The molecule has 1 fully saturated rings. The molecule has 21 heavy (non-hydrogen) atoms. The molecular formula is C13H16ClF2NO3S. The molecule has 1 N–H and O–H groups in total. The molecule has 1 atom stereocenters. The number of sulfone groups is 1. The van der Waals surface area contributed by atoms with E-state index in [2.05, 4.69) is 10.1 Å². The van der Waals surface area contributed by atoms with Crippen molar-refractivity contribution in [3.63, 3.8) is 0 Å². The molecule has 0 bridgehead atoms. The summed E-state index contributed by atoms with van der Waals surface area (Å²) in [7, 11) is -3.01. The Hall–Kier alpha value is -0.920. The second-order valence-electron chi connectivity index (χ2n) is 4.96. The van der Waals surface area contributed by atoms with Crippen molar-refractivity contribution in [1.82, 2.24) is 5.32 Å². The number of halogens is 3. The molecule has 0 spiro atoms. The van der Waals surface area contributed by atoms with Crippen LogP contribution in [0.3, 0.4) is 0 Å². The van der Waals surface area contributed by atoms with E-state index in [4.69, 9.17) is 11.6 Å². The molecule has 1 aromatic carbocycles. The van der Waals surface area contributed by atoms with E-state index in [1.54, 1.807) is 0 Å². The second kappa shape index (κ2) is 6.89. The highest BCUT2D eigenvalue weighted by Crippen LogP contribution is 2.25. The Labute approximate surface area is 127 Å². The summed E-state index contributed by atoms with van der Waals surface area (Å²) in [6.45, 7) is -2.69. The van der Waals surface area contributed by atoms with Crippen molar-refractivity contribution in [3.05, 3.63) is 28.8 Å². The van der Waals surface area contributed by atoms with E-state index in [-0.39, 0.29) is 29.8 Å². The van der Waals surface area contributed by atoms with Gasteiger partial charge < -0.3 is 10.1 Å². The number of ether oxygens (including phenoxy) is 1. The van der Waals surface area contributed by atoms with Gasteiger partial charge in [-0.15, -0.1) is 0 Å². The van der Waals surface area contributed by atoms with Crippen LogP contribution in [0.4, 0.5) is 8.78 Å². The molecule has 2 rings (SSSR count). The fraction of sp³-hybridized carbons (Fsp3) is 0.538. The first-order valence-corrected chi connectivity index (χ1v) is 8.73. The van der Waals surface area contributed by atoms with E-state index in [0.717, 1.165) is 6.42 Å². The van der Waals surface area contributed by atoms with Crippen LogP contribution in [0.1, 0.15) is 18.4 Å². The predicted molar refractivity (Wildman–Crippen MR) is 76.6 cm³/mol. The van der Waals surface area contributed by atoms with Crippen molar-refractivity contribution in [1.29, 1.82) is 0 Å². The molecule has 0 saturated carbocycles. The van der Waals surface area contributed by atoms with Gasteiger partial charge in [-0.2, -0.15) is 8.78 Å². The molecule has 1 aliphatic rings. The largest absolute Gasteiger partial charge is 0.434 e. The van der Waals surface area contributed by atoms with Crippen molar-refractivity contribution in [2.45, 2.75) is 32.0 Å². The third-order valence-electron chi connectivity index (χ3n) is 3.28. The van der Waals surface area contributed by atoms with Crippen LogP contribution in [0, 0.1) is 0 Å². The summed E-state index contributed by atoms with van der Waals surface area (Å²) < 4.78 is 52.2. The third-order valence-corrected chi connectivity index (χ3v) is 5.34. The van der Waals surface area contributed by atoms with E-state index in [9.17, 15) is 17.2 Å². The van der Waals surface area contributed by atoms with E-state index >= 15 is 0 Å². The average Bonchev–Trinajstić information content (AvgIpc) is 2.37. The molecule has 1 unspecified atom stereocenters. The van der Waals surface area contributed by atoms with E-state index < -0.39 is 16.4 Å². The van der Waals surface area contributed by atoms with E-state index in [1.807, 2.05) is 0 Å². The lowest BCUT2D eigenvalue weighted by Gasteiger charge is -2.23. The van der Waals surface area contributed by atoms with Crippen LogP contribution in [-0.4, -0.2) is 32.6 Å². The van der Waals surface area contributed by atoms with E-state index in [1.165, 1.54) is 18.2 Å². The summed E-state index contributed by atoms with van der Waals surface area (Å²) in [6, 6.07) is 4.20. The number of alkyl halides is 2. The minimum Gasteiger partial charge on any atom is -0.434 e. The molecule has 118 valence electrons. The molecule has 0 aromatic heterocycles. The minimum absolute atomic E-state index is 0.0422. The Bertz CT molecular complexity index is 595. The Morgan fingerprint density at radius 2 is 2.19 bits per heavy atom. The summed E-state index contributed by atoms with van der Waals surface area (Å²) in [5, 5.41) is 3.48. The summed E-state index contributed by atoms with van der Waals surface area (Å²) in [5.74, 6) is 0.321. The zero-order valence-electron chi connectivity index (χ0n) is 11.2. The molecular weight excluding hydrogens is 324 g/mol. The van der Waals surface area contributed by atoms with Crippen molar-refractivity contribution >= 4 is 21.4 Å². The van der Waals surface area contributed by atoms with Crippen LogP contribution >= 0.6 is 11.6 Å². The number of rotatable bonds is 5. The van der Waals surface area contributed by atoms with Crippen molar-refractivity contribution in [2.24, 2.45) is 0 Å². The minimum atomic E-state index is -3.01. The van der Waals surface area contributed by atoms with Crippen LogP contribution in [0.15, 0.2) is 18.2 Å². The lowest BCUT2D eigenvalue weighted by molar-refractivity contribution is -0.0505. The highest BCUT2D eigenvalue weighted by Gasteiger charge is 2.24. The monoisotopic (exact) mass is 339 g/mol. The van der Waals surface area contributed by atoms with Gasteiger partial charge in [0.15, 0.2) is 9.84 Å². The Kier molecular flexibility index (Phi) is 5.40. The van der Waals surface area contributed by atoms with Gasteiger partial charge in [0.05, 0.1) is 11.5 Å². The van der Waals surface area contributed by atoms with Crippen LogP contribution in [0.25, 0.3) is 0 Å². The lowest BCUT2D eigenvalue weighted by Crippen LogP contribution is -2.39. The fourth-order valence-electron chi connectivity index (χ4n) is 2.34. The predicted octanol–water partition coefficient (Wildman–Crippen LogP) is 2.61. The van der Waals surface area contributed by atoms with Gasteiger partial charge in [0, 0.05) is 23.2 Å². The van der Waals surface area contributed by atoms with Gasteiger partial charge in [-0.05, 0) is 31.0 Å². The van der Waals surface area contributed by atoms with Crippen molar-refractivity contribution < 1.29 is 21.9 Å². The summed E-state index contributed by atoms with van der Waals surface area (Å²) in [4.78, 5) is 0. The summed E-state index contributed by atoms with van der Waals surface area (Å²) >= 11 is 5.85. The number of hydrogen-bond acceptors (Lipinski definition) is 4. The second-order valence-corrected chi connectivity index (χ2v) is 7.63. The Morgan fingerprint density at radius 1 is 1.43 bits per heavy atom. The van der Waals surface area contributed by atoms with Gasteiger partial charge in [-0.25, -0.2) is 8.42 Å². The zero-order chi connectivity index (χ0) is 15.5. The molecule has 1 aliphatic heterocycles. The van der Waals surface area contributed by atoms with Crippen molar-refractivity contribution in [3.8, 4) is 5.75 Å². The lowest BCUT2D eigenvalue weighted by atomic mass is 10.1. The normalized spacial score (nSPS) is 21.4. The first-order chi connectivity index (χ1) is 9.85. The molecule has 1 heterocycles. The summed E-state index contributed by atoms with van der Waals surface area (Å²) in [6.07, 6.45) is 1.35. The standard InChI is InChI=1S/C13H16ClF2NO3S/c14-10-3-4-12(20-13(15)16)9(6-10)7-17-11-2-1-5-21(18,19)8-11/h3-4,6,11,13,17H,1-2,5,7-8H2. The number of nitrogens with one attached hydrogen (secondary N) is 1. The van der Waals surface area contributed by atoms with Gasteiger partial charge in [0.1, 0.15) is 5.75 Å². The van der Waals surface area contributed by atoms with Gasteiger partial charge in [0.25, 0.3) is 0 Å². The Balaban J connectivity index is 2.03.